The molecule has 0 saturated heterocycles. The van der Waals surface area contributed by atoms with Crippen LogP contribution in [0.1, 0.15) is 0 Å². The molecular formula is C10H12N2O7S. The lowest BCUT2D eigenvalue weighted by Gasteiger charge is -2.19. The molecule has 0 aromatic heterocycles. The molecule has 0 fully saturated rings. The zero-order chi connectivity index (χ0) is 15.3. The summed E-state index contributed by atoms with van der Waals surface area (Å²) in [5.74, 6) is -1.16. The lowest BCUT2D eigenvalue weighted by Crippen LogP contribution is -2.45. The first-order chi connectivity index (χ1) is 9.32. The number of hydroxylamine groups is 1. The quantitative estimate of drug-likeness (QED) is 0.509. The van der Waals surface area contributed by atoms with Crippen LogP contribution < -0.4 is 10.2 Å². The van der Waals surface area contributed by atoms with Gasteiger partial charge in [0, 0.05) is 0 Å². The number of hydrogen-bond acceptors (Lipinski definition) is 6. The number of aliphatic carboxylic acids is 1. The summed E-state index contributed by atoms with van der Waals surface area (Å²) in [6.07, 6.45) is 0. The van der Waals surface area contributed by atoms with E-state index in [2.05, 4.69) is 0 Å². The van der Waals surface area contributed by atoms with Crippen LogP contribution >= 0.6 is 0 Å². The Hall–Kier alpha value is -2.33. The molecule has 10 heteroatoms. The molecule has 0 saturated carbocycles. The van der Waals surface area contributed by atoms with Gasteiger partial charge in [0.05, 0.1) is 12.0 Å². The third kappa shape index (κ3) is 3.36. The number of nitrogens with zero attached hydrogens (tertiary/aromatic N) is 1. The highest BCUT2D eigenvalue weighted by atomic mass is 32.2. The third-order valence-corrected chi connectivity index (χ3v) is 3.99. The molecule has 20 heavy (non-hydrogen) atoms. The van der Waals surface area contributed by atoms with Crippen LogP contribution in [0.3, 0.4) is 0 Å². The number of carboxylic acid groups (broad SMARTS) is 1. The number of carboxylic acids is 1. The molecule has 2 amide bonds. The lowest BCUT2D eigenvalue weighted by molar-refractivity contribution is -0.136. The summed E-state index contributed by atoms with van der Waals surface area (Å²) in [5.41, 5.74) is 1.09. The van der Waals surface area contributed by atoms with Crippen LogP contribution in [0.15, 0.2) is 29.2 Å². The van der Waals surface area contributed by atoms with Crippen molar-refractivity contribution in [1.82, 2.24) is 9.79 Å². The molecule has 0 spiro atoms. The summed E-state index contributed by atoms with van der Waals surface area (Å²) in [6, 6.07) is 3.50. The van der Waals surface area contributed by atoms with E-state index in [0.29, 0.717) is 5.75 Å². The van der Waals surface area contributed by atoms with Crippen LogP contribution in [0.4, 0.5) is 4.79 Å². The largest absolute Gasteiger partial charge is 0.497 e. The zero-order valence-corrected chi connectivity index (χ0v) is 11.1. The molecule has 110 valence electrons. The van der Waals surface area contributed by atoms with E-state index in [-0.39, 0.29) is 9.20 Å². The van der Waals surface area contributed by atoms with E-state index < -0.39 is 28.6 Å². The highest BCUT2D eigenvalue weighted by Crippen LogP contribution is 2.19. The molecule has 1 rings (SSSR count). The number of amides is 2. The zero-order valence-electron chi connectivity index (χ0n) is 10.3. The van der Waals surface area contributed by atoms with Crippen LogP contribution in [0, 0.1) is 0 Å². The summed E-state index contributed by atoms with van der Waals surface area (Å²) in [5, 5.41) is 17.1. The summed E-state index contributed by atoms with van der Waals surface area (Å²) >= 11 is 0. The van der Waals surface area contributed by atoms with Gasteiger partial charge in [0.2, 0.25) is 0 Å². The molecule has 0 bridgehead atoms. The second-order valence-corrected chi connectivity index (χ2v) is 5.36. The maximum atomic E-state index is 12.1. The van der Waals surface area contributed by atoms with Crippen molar-refractivity contribution in [2.24, 2.45) is 0 Å². The van der Waals surface area contributed by atoms with Crippen molar-refractivity contribution in [3.05, 3.63) is 24.3 Å². The van der Waals surface area contributed by atoms with Gasteiger partial charge in [0.25, 0.3) is 10.0 Å². The summed E-state index contributed by atoms with van der Waals surface area (Å²) < 4.78 is 29.1. The van der Waals surface area contributed by atoms with Crippen molar-refractivity contribution < 1.29 is 33.1 Å². The van der Waals surface area contributed by atoms with Crippen LogP contribution in [0.2, 0.25) is 0 Å². The van der Waals surface area contributed by atoms with E-state index in [0.717, 1.165) is 17.6 Å². The lowest BCUT2D eigenvalue weighted by atomic mass is 10.3. The average molecular weight is 304 g/mol. The topological polar surface area (TPSA) is 133 Å². The standard InChI is InChI=1S/C10H12N2O7S/c1-19-7-2-4-8(5-3-7)20(17,18)12(6-9(13)14)10(15)11-16/h2-5,16H,6H2,1H3,(H,11,15)(H,13,14). The van der Waals surface area contributed by atoms with E-state index in [1.807, 2.05) is 0 Å². The maximum Gasteiger partial charge on any atom is 0.355 e. The molecule has 3 N–H and O–H groups in total. The molecule has 0 heterocycles. The SMILES string of the molecule is COc1ccc(S(=O)(=O)N(CC(=O)O)C(=O)NO)cc1. The van der Waals surface area contributed by atoms with Crippen molar-refractivity contribution in [3.63, 3.8) is 0 Å². The van der Waals surface area contributed by atoms with Crippen LogP contribution in [-0.4, -0.2) is 48.7 Å². The first kappa shape index (κ1) is 15.7. The number of carbonyl (C=O) groups excluding carboxylic acids is 1. The van der Waals surface area contributed by atoms with E-state index >= 15 is 0 Å². The number of carbonyl (C=O) groups is 2. The Morgan fingerprint density at radius 2 is 1.85 bits per heavy atom. The number of urea groups is 1. The minimum absolute atomic E-state index is 0.00283. The Labute approximate surface area is 114 Å². The fourth-order valence-corrected chi connectivity index (χ4v) is 2.59. The van der Waals surface area contributed by atoms with Crippen molar-refractivity contribution >= 4 is 22.0 Å². The fourth-order valence-electron chi connectivity index (χ4n) is 1.32. The van der Waals surface area contributed by atoms with Gasteiger partial charge in [-0.2, -0.15) is 0 Å². The van der Waals surface area contributed by atoms with Gasteiger partial charge in [0.1, 0.15) is 12.3 Å². The highest BCUT2D eigenvalue weighted by molar-refractivity contribution is 7.89. The molecular weight excluding hydrogens is 292 g/mol. The molecule has 0 aliphatic carbocycles. The molecule has 9 nitrogen and oxygen atoms in total. The van der Waals surface area contributed by atoms with E-state index in [9.17, 15) is 18.0 Å². The van der Waals surface area contributed by atoms with Crippen LogP contribution in [0.25, 0.3) is 0 Å². The first-order valence-electron chi connectivity index (χ1n) is 5.15. The normalized spacial score (nSPS) is 10.7. The number of hydrogen-bond donors (Lipinski definition) is 3. The monoisotopic (exact) mass is 304 g/mol. The highest BCUT2D eigenvalue weighted by Gasteiger charge is 2.31. The summed E-state index contributed by atoms with van der Waals surface area (Å²) in [6.45, 7) is -1.12. The molecule has 1 aromatic rings. The Bertz CT molecular complexity index is 597. The van der Waals surface area contributed by atoms with Gasteiger partial charge in [0.15, 0.2) is 0 Å². The molecule has 0 radical (unpaired) electrons. The van der Waals surface area contributed by atoms with E-state index in [4.69, 9.17) is 15.1 Å². The number of sulfonamides is 1. The molecule has 0 unspecified atom stereocenters. The number of rotatable bonds is 5. The number of methoxy groups -OCH3 is 1. The van der Waals surface area contributed by atoms with Gasteiger partial charge in [-0.3, -0.25) is 10.0 Å². The minimum atomic E-state index is -4.41. The fraction of sp³-hybridized carbons (Fsp3) is 0.200. The predicted octanol–water partition coefficient (Wildman–Crippen LogP) is -0.131. The molecule has 1 aromatic carbocycles. The van der Waals surface area contributed by atoms with Crippen molar-refractivity contribution in [1.29, 1.82) is 0 Å². The van der Waals surface area contributed by atoms with Crippen molar-refractivity contribution in [2.75, 3.05) is 13.7 Å². The average Bonchev–Trinajstić information content (AvgIpc) is 2.43. The molecule has 0 atom stereocenters. The van der Waals surface area contributed by atoms with Crippen molar-refractivity contribution in [3.8, 4) is 5.75 Å². The number of benzene rings is 1. The van der Waals surface area contributed by atoms with E-state index in [1.165, 1.54) is 19.2 Å². The van der Waals surface area contributed by atoms with Gasteiger partial charge in [-0.1, -0.05) is 0 Å². The van der Waals surface area contributed by atoms with Crippen molar-refractivity contribution in [2.45, 2.75) is 4.90 Å². The number of nitrogens with one attached hydrogen (secondary N) is 1. The van der Waals surface area contributed by atoms with Gasteiger partial charge in [-0.05, 0) is 24.3 Å². The Morgan fingerprint density at radius 3 is 2.25 bits per heavy atom. The summed E-state index contributed by atoms with van der Waals surface area (Å²) in [7, 11) is -3.02. The Balaban J connectivity index is 3.20. The van der Waals surface area contributed by atoms with Gasteiger partial charge < -0.3 is 9.84 Å². The van der Waals surface area contributed by atoms with Gasteiger partial charge in [-0.15, -0.1) is 0 Å². The van der Waals surface area contributed by atoms with Gasteiger partial charge >= 0.3 is 12.0 Å². The molecule has 0 aliphatic heterocycles. The van der Waals surface area contributed by atoms with Crippen LogP contribution in [-0.2, 0) is 14.8 Å². The van der Waals surface area contributed by atoms with Gasteiger partial charge in [-0.25, -0.2) is 23.0 Å². The second kappa shape index (κ2) is 6.21. The second-order valence-electron chi connectivity index (χ2n) is 3.50. The Morgan fingerprint density at radius 1 is 1.30 bits per heavy atom. The van der Waals surface area contributed by atoms with E-state index in [1.54, 1.807) is 0 Å². The minimum Gasteiger partial charge on any atom is -0.497 e. The Kier molecular flexibility index (Phi) is 4.88. The maximum absolute atomic E-state index is 12.1. The third-order valence-electron chi connectivity index (χ3n) is 2.25. The predicted molar refractivity (Wildman–Crippen MR) is 64.8 cm³/mol. The van der Waals surface area contributed by atoms with Crippen LogP contribution in [0.5, 0.6) is 5.75 Å². The first-order valence-corrected chi connectivity index (χ1v) is 6.59. The molecule has 0 aliphatic rings. The summed E-state index contributed by atoms with van der Waals surface area (Å²) in [4.78, 5) is 21.6. The number of ether oxygens (including phenoxy) is 1. The smallest absolute Gasteiger partial charge is 0.355 e.